The van der Waals surface area contributed by atoms with E-state index in [0.29, 0.717) is 0 Å². The van der Waals surface area contributed by atoms with E-state index in [-0.39, 0.29) is 5.41 Å². The number of rotatable bonds is 0. The number of anilines is 1. The van der Waals surface area contributed by atoms with Crippen molar-refractivity contribution < 1.29 is 0 Å². The summed E-state index contributed by atoms with van der Waals surface area (Å²) in [5.74, 6) is 0. The van der Waals surface area contributed by atoms with Crippen LogP contribution in [0.2, 0.25) is 0 Å². The van der Waals surface area contributed by atoms with Crippen molar-refractivity contribution >= 4 is 16.6 Å². The lowest BCUT2D eigenvalue weighted by atomic mass is 9.89. The van der Waals surface area contributed by atoms with E-state index in [1.165, 1.54) is 0 Å². The Hall–Kier alpha value is -1.64. The number of hydrogen-bond donors (Lipinski definition) is 1. The maximum Gasteiger partial charge on any atom is 0.116 e. The third-order valence-corrected chi connectivity index (χ3v) is 2.77. The third-order valence-electron chi connectivity index (χ3n) is 2.77. The number of fused-ring (bicyclic) bond motifs is 1. The molecule has 2 aromatic rings. The molecule has 0 bridgehead atoms. The van der Waals surface area contributed by atoms with E-state index in [9.17, 15) is 0 Å². The van der Waals surface area contributed by atoms with Crippen LogP contribution in [0.3, 0.4) is 0 Å². The molecule has 0 saturated heterocycles. The van der Waals surface area contributed by atoms with Gasteiger partial charge in [-0.15, -0.1) is 0 Å². The van der Waals surface area contributed by atoms with Crippen LogP contribution in [-0.4, -0.2) is 9.97 Å². The smallest absolute Gasteiger partial charge is 0.116 e. The van der Waals surface area contributed by atoms with Crippen molar-refractivity contribution in [3.05, 3.63) is 29.7 Å². The van der Waals surface area contributed by atoms with Gasteiger partial charge in [0.25, 0.3) is 0 Å². The highest BCUT2D eigenvalue weighted by molar-refractivity contribution is 5.92. The molecule has 2 rings (SSSR count). The summed E-state index contributed by atoms with van der Waals surface area (Å²) < 4.78 is 0. The van der Waals surface area contributed by atoms with Crippen LogP contribution < -0.4 is 5.73 Å². The maximum absolute atomic E-state index is 6.04. The molecule has 2 N–H and O–H groups in total. The summed E-state index contributed by atoms with van der Waals surface area (Å²) in [5.41, 5.74) is 9.77. The molecule has 0 aliphatic heterocycles. The van der Waals surface area contributed by atoms with Gasteiger partial charge in [0, 0.05) is 10.8 Å². The van der Waals surface area contributed by atoms with Crippen LogP contribution in [0.15, 0.2) is 18.5 Å². The Kier molecular flexibility index (Phi) is 2.34. The molecule has 0 aliphatic carbocycles. The van der Waals surface area contributed by atoms with Crippen molar-refractivity contribution in [2.45, 2.75) is 33.1 Å². The van der Waals surface area contributed by atoms with Crippen LogP contribution in [0.4, 0.5) is 5.69 Å². The topological polar surface area (TPSA) is 51.8 Å². The average Bonchev–Trinajstić information content (AvgIpc) is 2.21. The number of nitrogens with two attached hydrogens (primary N) is 1. The number of aryl methyl sites for hydroxylation is 1. The van der Waals surface area contributed by atoms with Gasteiger partial charge >= 0.3 is 0 Å². The number of nitrogens with zero attached hydrogens (tertiary/aromatic N) is 2. The molecule has 16 heavy (non-hydrogen) atoms. The van der Waals surface area contributed by atoms with Gasteiger partial charge in [-0.2, -0.15) is 0 Å². The molecule has 3 nitrogen and oxygen atoms in total. The molecule has 0 fully saturated rings. The van der Waals surface area contributed by atoms with Gasteiger partial charge in [-0.25, -0.2) is 9.97 Å². The van der Waals surface area contributed by atoms with E-state index < -0.39 is 0 Å². The standard InChI is InChI=1S/C13H17N3/c1-8-5-6-9-11(10(8)14)15-7-16-12(9)13(2,3)4/h5-7H,14H2,1-4H3. The second-order valence-electron chi connectivity index (χ2n) is 5.16. The van der Waals surface area contributed by atoms with Crippen molar-refractivity contribution in [1.82, 2.24) is 9.97 Å². The normalized spacial score (nSPS) is 12.0. The van der Waals surface area contributed by atoms with Crippen LogP contribution >= 0.6 is 0 Å². The zero-order valence-electron chi connectivity index (χ0n) is 10.2. The third kappa shape index (κ3) is 1.62. The zero-order valence-corrected chi connectivity index (χ0v) is 10.2. The molecule has 0 atom stereocenters. The Morgan fingerprint density at radius 1 is 1.12 bits per heavy atom. The average molecular weight is 215 g/mol. The van der Waals surface area contributed by atoms with Gasteiger partial charge < -0.3 is 5.73 Å². The fourth-order valence-electron chi connectivity index (χ4n) is 1.85. The van der Waals surface area contributed by atoms with E-state index in [1.807, 2.05) is 13.0 Å². The summed E-state index contributed by atoms with van der Waals surface area (Å²) in [4.78, 5) is 8.66. The van der Waals surface area contributed by atoms with Crippen LogP contribution in [0, 0.1) is 6.92 Å². The summed E-state index contributed by atoms with van der Waals surface area (Å²) in [5, 5.41) is 1.05. The van der Waals surface area contributed by atoms with Gasteiger partial charge in [0.2, 0.25) is 0 Å². The Labute approximate surface area is 95.7 Å². The van der Waals surface area contributed by atoms with Gasteiger partial charge in [0.05, 0.1) is 16.9 Å². The zero-order chi connectivity index (χ0) is 11.9. The Morgan fingerprint density at radius 3 is 2.44 bits per heavy atom. The SMILES string of the molecule is Cc1ccc2c(C(C)(C)C)ncnc2c1N. The Morgan fingerprint density at radius 2 is 1.81 bits per heavy atom. The molecule has 1 aromatic carbocycles. The van der Waals surface area contributed by atoms with Crippen molar-refractivity contribution in [2.24, 2.45) is 0 Å². The summed E-state index contributed by atoms with van der Waals surface area (Å²) in [7, 11) is 0. The molecule has 0 aliphatic rings. The van der Waals surface area contributed by atoms with Crippen LogP contribution in [0.1, 0.15) is 32.0 Å². The van der Waals surface area contributed by atoms with E-state index in [2.05, 4.69) is 36.8 Å². The van der Waals surface area contributed by atoms with Gasteiger partial charge in [0.15, 0.2) is 0 Å². The molecule has 84 valence electrons. The minimum Gasteiger partial charge on any atom is -0.397 e. The number of hydrogen-bond acceptors (Lipinski definition) is 3. The predicted octanol–water partition coefficient (Wildman–Crippen LogP) is 2.82. The van der Waals surface area contributed by atoms with E-state index in [4.69, 9.17) is 5.73 Å². The van der Waals surface area contributed by atoms with E-state index in [0.717, 1.165) is 27.8 Å². The second kappa shape index (κ2) is 3.44. The molecule has 0 unspecified atom stereocenters. The van der Waals surface area contributed by atoms with Gasteiger partial charge in [-0.1, -0.05) is 32.9 Å². The minimum absolute atomic E-state index is 0.00287. The van der Waals surface area contributed by atoms with Crippen LogP contribution in [-0.2, 0) is 5.41 Å². The summed E-state index contributed by atoms with van der Waals surface area (Å²) >= 11 is 0. The van der Waals surface area contributed by atoms with Gasteiger partial charge in [-0.3, -0.25) is 0 Å². The highest BCUT2D eigenvalue weighted by atomic mass is 14.9. The van der Waals surface area contributed by atoms with Gasteiger partial charge in [-0.05, 0) is 12.5 Å². The highest BCUT2D eigenvalue weighted by Crippen LogP contribution is 2.30. The first-order chi connectivity index (χ1) is 7.41. The monoisotopic (exact) mass is 215 g/mol. The first-order valence-electron chi connectivity index (χ1n) is 5.41. The second-order valence-corrected chi connectivity index (χ2v) is 5.16. The largest absolute Gasteiger partial charge is 0.397 e. The fourth-order valence-corrected chi connectivity index (χ4v) is 1.85. The van der Waals surface area contributed by atoms with Crippen molar-refractivity contribution in [1.29, 1.82) is 0 Å². The lowest BCUT2D eigenvalue weighted by Crippen LogP contribution is -2.14. The molecular formula is C13H17N3. The highest BCUT2D eigenvalue weighted by Gasteiger charge is 2.19. The van der Waals surface area contributed by atoms with E-state index >= 15 is 0 Å². The van der Waals surface area contributed by atoms with Gasteiger partial charge in [0.1, 0.15) is 6.33 Å². The maximum atomic E-state index is 6.04. The fraction of sp³-hybridized carbons (Fsp3) is 0.385. The first kappa shape index (κ1) is 10.9. The lowest BCUT2D eigenvalue weighted by molar-refractivity contribution is 0.574. The summed E-state index contributed by atoms with van der Waals surface area (Å²) in [6.07, 6.45) is 1.60. The molecule has 0 saturated carbocycles. The van der Waals surface area contributed by atoms with Crippen LogP contribution in [0.25, 0.3) is 10.9 Å². The van der Waals surface area contributed by atoms with E-state index in [1.54, 1.807) is 6.33 Å². The summed E-state index contributed by atoms with van der Waals surface area (Å²) in [6, 6.07) is 4.08. The summed E-state index contributed by atoms with van der Waals surface area (Å²) in [6.45, 7) is 8.42. The number of benzene rings is 1. The Balaban J connectivity index is 2.85. The molecular weight excluding hydrogens is 198 g/mol. The molecule has 0 amide bonds. The predicted molar refractivity (Wildman–Crippen MR) is 67.4 cm³/mol. The first-order valence-corrected chi connectivity index (χ1v) is 5.41. The molecule has 1 aromatic heterocycles. The minimum atomic E-state index is 0.00287. The number of nitrogen functional groups attached to an aromatic ring is 1. The van der Waals surface area contributed by atoms with Crippen LogP contribution in [0.5, 0.6) is 0 Å². The molecule has 3 heteroatoms. The quantitative estimate of drug-likeness (QED) is 0.687. The number of aromatic nitrogens is 2. The molecule has 0 spiro atoms. The lowest BCUT2D eigenvalue weighted by Gasteiger charge is -2.20. The van der Waals surface area contributed by atoms with Crippen molar-refractivity contribution in [2.75, 3.05) is 5.73 Å². The molecule has 1 heterocycles. The molecule has 0 radical (unpaired) electrons. The Bertz CT molecular complexity index is 539. The van der Waals surface area contributed by atoms with Crippen molar-refractivity contribution in [3.8, 4) is 0 Å². The van der Waals surface area contributed by atoms with Crippen molar-refractivity contribution in [3.63, 3.8) is 0 Å².